The molecule has 1 heterocycles. The molecule has 9 heteroatoms. The zero-order valence-electron chi connectivity index (χ0n) is 21.4. The van der Waals surface area contributed by atoms with Crippen LogP contribution in [-0.2, 0) is 42.9 Å². The van der Waals surface area contributed by atoms with Crippen LogP contribution in [0.4, 0.5) is 0 Å². The standard InChI is InChI=1S/C26H36O9/c1-14-9-10-25(5)21(8-7-18(11-22(25)30)32-15(2)27)26(14,6)13-20(33-16(3)28)19-12-23(31)35-24(19)34-17(4)29/h12,14,18,20-21,24H,7-11,13H2,1-6H3/t14-,18-,20+,21+,24-,25-,26+/m1/s1. The van der Waals surface area contributed by atoms with Gasteiger partial charge in [0.15, 0.2) is 0 Å². The van der Waals surface area contributed by atoms with E-state index in [4.69, 9.17) is 18.9 Å². The van der Waals surface area contributed by atoms with Crippen molar-refractivity contribution in [3.63, 3.8) is 0 Å². The highest BCUT2D eigenvalue weighted by Crippen LogP contribution is 2.60. The van der Waals surface area contributed by atoms with E-state index >= 15 is 0 Å². The molecule has 0 unspecified atom stereocenters. The number of esters is 4. The molecule has 3 aliphatic rings. The van der Waals surface area contributed by atoms with Gasteiger partial charge in [0.2, 0.25) is 0 Å². The number of hydrogen-bond acceptors (Lipinski definition) is 9. The van der Waals surface area contributed by atoms with Crippen molar-refractivity contribution in [2.24, 2.45) is 22.7 Å². The van der Waals surface area contributed by atoms with Crippen LogP contribution in [0.1, 0.15) is 80.1 Å². The minimum absolute atomic E-state index is 0.0735. The Labute approximate surface area is 205 Å². The van der Waals surface area contributed by atoms with Crippen molar-refractivity contribution in [2.75, 3.05) is 0 Å². The average Bonchev–Trinajstić information content (AvgIpc) is 3.02. The molecule has 9 nitrogen and oxygen atoms in total. The molecular formula is C26H36O9. The Morgan fingerprint density at radius 3 is 2.29 bits per heavy atom. The Morgan fingerprint density at radius 1 is 1.03 bits per heavy atom. The third-order valence-corrected chi connectivity index (χ3v) is 8.31. The number of rotatable bonds is 6. The predicted molar refractivity (Wildman–Crippen MR) is 122 cm³/mol. The smallest absolute Gasteiger partial charge is 0.334 e. The molecule has 0 N–H and O–H groups in total. The first kappa shape index (κ1) is 26.9. The number of ether oxygens (including phenoxy) is 4. The van der Waals surface area contributed by atoms with Crippen LogP contribution in [0.3, 0.4) is 0 Å². The lowest BCUT2D eigenvalue weighted by Crippen LogP contribution is -2.52. The Morgan fingerprint density at radius 2 is 1.69 bits per heavy atom. The molecule has 194 valence electrons. The Balaban J connectivity index is 1.97. The van der Waals surface area contributed by atoms with Gasteiger partial charge in [0, 0.05) is 38.7 Å². The maximum Gasteiger partial charge on any atom is 0.334 e. The molecule has 35 heavy (non-hydrogen) atoms. The van der Waals surface area contributed by atoms with Gasteiger partial charge in [-0.25, -0.2) is 4.79 Å². The quantitative estimate of drug-likeness (QED) is 0.405. The van der Waals surface area contributed by atoms with Crippen molar-refractivity contribution >= 4 is 29.7 Å². The monoisotopic (exact) mass is 492 g/mol. The minimum atomic E-state index is -1.26. The molecule has 0 amide bonds. The molecule has 2 aliphatic carbocycles. The summed E-state index contributed by atoms with van der Waals surface area (Å²) in [6.45, 7) is 10.0. The first-order chi connectivity index (χ1) is 16.3. The second-order valence-electron chi connectivity index (χ2n) is 10.7. The van der Waals surface area contributed by atoms with E-state index in [-0.39, 0.29) is 29.6 Å². The second-order valence-corrected chi connectivity index (χ2v) is 10.7. The zero-order valence-corrected chi connectivity index (χ0v) is 21.4. The topological polar surface area (TPSA) is 122 Å². The van der Waals surface area contributed by atoms with Gasteiger partial charge in [0.05, 0.1) is 5.57 Å². The summed E-state index contributed by atoms with van der Waals surface area (Å²) in [4.78, 5) is 60.8. The van der Waals surface area contributed by atoms with Gasteiger partial charge in [-0.3, -0.25) is 19.2 Å². The summed E-state index contributed by atoms with van der Waals surface area (Å²) in [5.74, 6) is -2.09. The number of ketones is 1. The third kappa shape index (κ3) is 5.59. The lowest BCUT2D eigenvalue weighted by Gasteiger charge is -2.55. The lowest BCUT2D eigenvalue weighted by molar-refractivity contribution is -0.175. The first-order valence-corrected chi connectivity index (χ1v) is 12.2. The van der Waals surface area contributed by atoms with Crippen LogP contribution in [-0.4, -0.2) is 48.2 Å². The summed E-state index contributed by atoms with van der Waals surface area (Å²) in [6.07, 6.45) is 1.87. The summed E-state index contributed by atoms with van der Waals surface area (Å²) >= 11 is 0. The minimum Gasteiger partial charge on any atom is -0.462 e. The highest BCUT2D eigenvalue weighted by Gasteiger charge is 2.57. The van der Waals surface area contributed by atoms with E-state index in [9.17, 15) is 24.0 Å². The van der Waals surface area contributed by atoms with Crippen LogP contribution >= 0.6 is 0 Å². The second kappa shape index (κ2) is 10.1. The highest BCUT2D eigenvalue weighted by atomic mass is 16.7. The molecular weight excluding hydrogens is 456 g/mol. The summed E-state index contributed by atoms with van der Waals surface area (Å²) in [6, 6.07) is 0. The molecule has 3 rings (SSSR count). The van der Waals surface area contributed by atoms with Gasteiger partial charge in [-0.15, -0.1) is 0 Å². The Hall–Kier alpha value is -2.71. The predicted octanol–water partition coefficient (Wildman–Crippen LogP) is 3.42. The fourth-order valence-corrected chi connectivity index (χ4v) is 6.37. The van der Waals surface area contributed by atoms with Crippen molar-refractivity contribution in [3.05, 3.63) is 11.6 Å². The Bertz CT molecular complexity index is 937. The van der Waals surface area contributed by atoms with Crippen molar-refractivity contribution in [1.82, 2.24) is 0 Å². The average molecular weight is 493 g/mol. The molecule has 0 aromatic heterocycles. The molecule has 0 spiro atoms. The van der Waals surface area contributed by atoms with Crippen LogP contribution in [0.5, 0.6) is 0 Å². The van der Waals surface area contributed by atoms with Gasteiger partial charge in [0.25, 0.3) is 6.29 Å². The molecule has 0 aromatic rings. The van der Waals surface area contributed by atoms with Crippen molar-refractivity contribution in [1.29, 1.82) is 0 Å². The van der Waals surface area contributed by atoms with Gasteiger partial charge in [-0.2, -0.15) is 0 Å². The normalized spacial score (nSPS) is 35.7. The van der Waals surface area contributed by atoms with Crippen molar-refractivity contribution in [3.8, 4) is 0 Å². The number of carbonyl (C=O) groups excluding carboxylic acids is 5. The summed E-state index contributed by atoms with van der Waals surface area (Å²) in [5.41, 5.74) is -0.817. The molecule has 0 saturated heterocycles. The highest BCUT2D eigenvalue weighted by molar-refractivity contribution is 5.87. The molecule has 7 atom stereocenters. The van der Waals surface area contributed by atoms with E-state index in [2.05, 4.69) is 13.8 Å². The van der Waals surface area contributed by atoms with Gasteiger partial charge < -0.3 is 18.9 Å². The number of hydrogen-bond donors (Lipinski definition) is 0. The van der Waals surface area contributed by atoms with E-state index in [0.717, 1.165) is 12.8 Å². The number of Topliss-reactive ketones (excluding diaryl/α,β-unsaturated/α-hetero) is 1. The molecule has 2 saturated carbocycles. The van der Waals surface area contributed by atoms with E-state index < -0.39 is 53.2 Å². The number of cyclic esters (lactones) is 1. The van der Waals surface area contributed by atoms with E-state index in [1.807, 2.05) is 6.92 Å². The van der Waals surface area contributed by atoms with Crippen LogP contribution in [0.15, 0.2) is 11.6 Å². The van der Waals surface area contributed by atoms with E-state index in [1.165, 1.54) is 26.8 Å². The van der Waals surface area contributed by atoms with E-state index in [0.29, 0.717) is 19.3 Å². The molecule has 2 fully saturated rings. The fourth-order valence-electron chi connectivity index (χ4n) is 6.37. The SMILES string of the molecule is CC(=O)O[C@@H]1CC[C@@H]2[C@@](C)(C[C@H](OC(C)=O)C3=CC(=O)O[C@H]3OC(C)=O)[C@H](C)CC[C@@]2(C)C(=O)C1. The first-order valence-electron chi connectivity index (χ1n) is 12.2. The number of carbonyl (C=O) groups is 5. The molecule has 1 aliphatic heterocycles. The lowest BCUT2D eigenvalue weighted by atomic mass is 9.49. The van der Waals surface area contributed by atoms with Crippen molar-refractivity contribution < 1.29 is 42.9 Å². The van der Waals surface area contributed by atoms with Crippen LogP contribution in [0, 0.1) is 22.7 Å². The van der Waals surface area contributed by atoms with Gasteiger partial charge in [0.1, 0.15) is 18.0 Å². The Kier molecular flexibility index (Phi) is 7.77. The van der Waals surface area contributed by atoms with E-state index in [1.54, 1.807) is 0 Å². The molecule has 0 bridgehead atoms. The maximum absolute atomic E-state index is 13.5. The summed E-state index contributed by atoms with van der Waals surface area (Å²) in [7, 11) is 0. The molecule has 0 radical (unpaired) electrons. The maximum atomic E-state index is 13.5. The molecule has 0 aromatic carbocycles. The largest absolute Gasteiger partial charge is 0.462 e. The summed E-state index contributed by atoms with van der Waals surface area (Å²) < 4.78 is 21.4. The van der Waals surface area contributed by atoms with Crippen molar-refractivity contribution in [2.45, 2.75) is 98.6 Å². The van der Waals surface area contributed by atoms with Crippen LogP contribution in [0.2, 0.25) is 0 Å². The zero-order chi connectivity index (χ0) is 26.1. The van der Waals surface area contributed by atoms with Crippen LogP contribution < -0.4 is 0 Å². The number of fused-ring (bicyclic) bond motifs is 1. The van der Waals surface area contributed by atoms with Crippen LogP contribution in [0.25, 0.3) is 0 Å². The fraction of sp³-hybridized carbons (Fsp3) is 0.731. The van der Waals surface area contributed by atoms with Gasteiger partial charge in [-0.1, -0.05) is 20.8 Å². The summed E-state index contributed by atoms with van der Waals surface area (Å²) in [5, 5.41) is 0. The third-order valence-electron chi connectivity index (χ3n) is 8.31. The van der Waals surface area contributed by atoms with Gasteiger partial charge >= 0.3 is 23.9 Å². The van der Waals surface area contributed by atoms with Gasteiger partial charge in [-0.05, 0) is 49.4 Å².